The van der Waals surface area contributed by atoms with Crippen molar-refractivity contribution in [1.29, 1.82) is 0 Å². The zero-order chi connectivity index (χ0) is 18.8. The van der Waals surface area contributed by atoms with Crippen molar-refractivity contribution < 1.29 is 26.4 Å². The molecule has 1 aromatic carbocycles. The van der Waals surface area contributed by atoms with E-state index in [9.17, 15) is 26.4 Å². The molecule has 0 radical (unpaired) electrons. The van der Waals surface area contributed by atoms with Gasteiger partial charge in [0.1, 0.15) is 0 Å². The second-order valence-corrected chi connectivity index (χ2v) is 8.75. The number of sulfonamides is 1. The van der Waals surface area contributed by atoms with Crippen LogP contribution in [0.1, 0.15) is 12.5 Å². The molecular formula is C15H19F3N2O3S2. The summed E-state index contributed by atoms with van der Waals surface area (Å²) in [6.45, 7) is 2.35. The molecule has 2 rings (SSSR count). The summed E-state index contributed by atoms with van der Waals surface area (Å²) in [4.78, 5) is 13.3. The van der Waals surface area contributed by atoms with Crippen LogP contribution in [0.3, 0.4) is 0 Å². The zero-order valence-corrected chi connectivity index (χ0v) is 15.4. The minimum Gasteiger partial charge on any atom is -0.339 e. The van der Waals surface area contributed by atoms with Crippen molar-refractivity contribution >= 4 is 27.7 Å². The first-order chi connectivity index (χ1) is 11.6. The average Bonchev–Trinajstić information content (AvgIpc) is 2.60. The van der Waals surface area contributed by atoms with E-state index >= 15 is 0 Å². The summed E-state index contributed by atoms with van der Waals surface area (Å²) in [5.41, 5.74) is -1.00. The van der Waals surface area contributed by atoms with E-state index in [0.717, 1.165) is 22.5 Å². The number of nitrogens with zero attached hydrogens (tertiary/aromatic N) is 2. The van der Waals surface area contributed by atoms with Crippen molar-refractivity contribution in [3.05, 3.63) is 29.8 Å². The number of thioether (sulfide) groups is 1. The lowest BCUT2D eigenvalue weighted by Crippen LogP contribution is -2.52. The number of hydrogen-bond acceptors (Lipinski definition) is 4. The quantitative estimate of drug-likeness (QED) is 0.784. The van der Waals surface area contributed by atoms with Crippen molar-refractivity contribution in [2.24, 2.45) is 0 Å². The summed E-state index contributed by atoms with van der Waals surface area (Å²) in [6.07, 6.45) is -2.79. The van der Waals surface area contributed by atoms with Crippen LogP contribution in [0.2, 0.25) is 0 Å². The molecular weight excluding hydrogens is 377 g/mol. The van der Waals surface area contributed by atoms with Crippen molar-refractivity contribution in [3.63, 3.8) is 0 Å². The first kappa shape index (κ1) is 20.1. The number of carbonyl (C=O) groups is 1. The first-order valence-corrected chi connectivity index (χ1v) is 10.3. The fraction of sp³-hybridized carbons (Fsp3) is 0.533. The zero-order valence-electron chi connectivity index (χ0n) is 13.8. The van der Waals surface area contributed by atoms with Crippen LogP contribution in [-0.2, 0) is 21.0 Å². The molecule has 1 saturated heterocycles. The van der Waals surface area contributed by atoms with Crippen LogP contribution in [-0.4, -0.2) is 61.2 Å². The van der Waals surface area contributed by atoms with Gasteiger partial charge in [-0.2, -0.15) is 29.2 Å². The van der Waals surface area contributed by atoms with Crippen LogP contribution in [0, 0.1) is 0 Å². The van der Waals surface area contributed by atoms with Crippen LogP contribution < -0.4 is 0 Å². The Hall–Kier alpha value is -1.26. The fourth-order valence-electron chi connectivity index (χ4n) is 2.49. The summed E-state index contributed by atoms with van der Waals surface area (Å²) in [7, 11) is -4.03. The molecule has 1 aliphatic heterocycles. The third-order valence-electron chi connectivity index (χ3n) is 4.05. The number of hydrogen-bond donors (Lipinski definition) is 0. The molecule has 0 aromatic heterocycles. The van der Waals surface area contributed by atoms with Crippen LogP contribution in [0.15, 0.2) is 29.2 Å². The smallest absolute Gasteiger partial charge is 0.339 e. The Balaban J connectivity index is 2.14. The van der Waals surface area contributed by atoms with Crippen LogP contribution in [0.5, 0.6) is 0 Å². The minimum atomic E-state index is -4.61. The van der Waals surface area contributed by atoms with Gasteiger partial charge in [0.25, 0.3) is 0 Å². The monoisotopic (exact) mass is 396 g/mol. The Bertz CT molecular complexity index is 730. The van der Waals surface area contributed by atoms with E-state index in [1.807, 2.05) is 6.26 Å². The Morgan fingerprint density at radius 1 is 1.20 bits per heavy atom. The van der Waals surface area contributed by atoms with Crippen molar-refractivity contribution in [3.8, 4) is 0 Å². The highest BCUT2D eigenvalue weighted by Crippen LogP contribution is 2.31. The van der Waals surface area contributed by atoms with Gasteiger partial charge in [0.2, 0.25) is 15.9 Å². The number of carbonyl (C=O) groups excluding carboxylic acids is 1. The van der Waals surface area contributed by atoms with E-state index in [0.29, 0.717) is 6.07 Å². The molecule has 25 heavy (non-hydrogen) atoms. The average molecular weight is 396 g/mol. The first-order valence-electron chi connectivity index (χ1n) is 7.56. The lowest BCUT2D eigenvalue weighted by molar-refractivity contribution is -0.137. The Morgan fingerprint density at radius 2 is 1.80 bits per heavy atom. The molecule has 0 saturated carbocycles. The molecule has 1 fully saturated rings. The van der Waals surface area contributed by atoms with Gasteiger partial charge in [-0.05, 0) is 31.4 Å². The van der Waals surface area contributed by atoms with Gasteiger partial charge in [0.05, 0.1) is 15.7 Å². The molecule has 140 valence electrons. The molecule has 0 N–H and O–H groups in total. The number of alkyl halides is 3. The number of amides is 1. The van der Waals surface area contributed by atoms with E-state index < -0.39 is 21.8 Å². The summed E-state index contributed by atoms with van der Waals surface area (Å²) in [5.74, 6) is -0.0661. The molecule has 5 nitrogen and oxygen atoms in total. The topological polar surface area (TPSA) is 57.7 Å². The molecule has 1 unspecified atom stereocenters. The van der Waals surface area contributed by atoms with Gasteiger partial charge in [-0.1, -0.05) is 6.07 Å². The van der Waals surface area contributed by atoms with E-state index in [2.05, 4.69) is 0 Å². The second-order valence-electron chi connectivity index (χ2n) is 5.63. The van der Waals surface area contributed by atoms with Gasteiger partial charge in [0, 0.05) is 26.2 Å². The summed E-state index contributed by atoms with van der Waals surface area (Å²) in [6, 6.07) is 3.70. The molecule has 1 amide bonds. The summed E-state index contributed by atoms with van der Waals surface area (Å²) in [5, 5.41) is -0.216. The fourth-order valence-corrected chi connectivity index (χ4v) is 4.31. The second kappa shape index (κ2) is 7.55. The van der Waals surface area contributed by atoms with Crippen molar-refractivity contribution in [2.75, 3.05) is 32.4 Å². The van der Waals surface area contributed by atoms with Gasteiger partial charge in [-0.3, -0.25) is 4.79 Å². The predicted molar refractivity (Wildman–Crippen MR) is 89.8 cm³/mol. The molecule has 0 aliphatic carbocycles. The third kappa shape index (κ3) is 4.48. The number of benzene rings is 1. The normalized spacial score (nSPS) is 18.2. The predicted octanol–water partition coefficient (Wildman–Crippen LogP) is 2.29. The summed E-state index contributed by atoms with van der Waals surface area (Å²) >= 11 is 1.40. The van der Waals surface area contributed by atoms with Gasteiger partial charge in [-0.25, -0.2) is 8.42 Å². The molecule has 1 heterocycles. The molecule has 1 aromatic rings. The van der Waals surface area contributed by atoms with Gasteiger partial charge in [0.15, 0.2) is 0 Å². The molecule has 10 heteroatoms. The Kier molecular flexibility index (Phi) is 6.05. The number of piperazine rings is 1. The van der Waals surface area contributed by atoms with E-state index in [-0.39, 0.29) is 42.2 Å². The standard InChI is InChI=1S/C15H19F3N2O3S2/c1-11(24-2)14(21)19-6-8-20(9-7-19)25(22,23)13-5-3-4-12(10-13)15(16,17)18/h3-5,10-11H,6-9H2,1-2H3. The molecule has 0 bridgehead atoms. The number of rotatable bonds is 4. The highest BCUT2D eigenvalue weighted by atomic mass is 32.2. The molecule has 1 atom stereocenters. The maximum Gasteiger partial charge on any atom is 0.416 e. The summed E-state index contributed by atoms with van der Waals surface area (Å²) < 4.78 is 64.7. The Morgan fingerprint density at radius 3 is 2.32 bits per heavy atom. The van der Waals surface area contributed by atoms with Crippen LogP contribution >= 0.6 is 11.8 Å². The lowest BCUT2D eigenvalue weighted by atomic mass is 10.2. The van der Waals surface area contributed by atoms with Crippen molar-refractivity contribution in [2.45, 2.75) is 23.2 Å². The SMILES string of the molecule is CSC(C)C(=O)N1CCN(S(=O)(=O)c2cccc(C(F)(F)F)c2)CC1. The highest BCUT2D eigenvalue weighted by molar-refractivity contribution is 7.99. The van der Waals surface area contributed by atoms with E-state index in [1.165, 1.54) is 11.8 Å². The van der Waals surface area contributed by atoms with E-state index in [4.69, 9.17) is 0 Å². The van der Waals surface area contributed by atoms with E-state index in [1.54, 1.807) is 11.8 Å². The largest absolute Gasteiger partial charge is 0.416 e. The van der Waals surface area contributed by atoms with Gasteiger partial charge < -0.3 is 4.90 Å². The Labute approximate surface area is 149 Å². The number of halogens is 3. The van der Waals surface area contributed by atoms with Crippen LogP contribution in [0.4, 0.5) is 13.2 Å². The van der Waals surface area contributed by atoms with Gasteiger partial charge in [-0.15, -0.1) is 0 Å². The maximum absolute atomic E-state index is 12.8. The minimum absolute atomic E-state index is 0.0609. The maximum atomic E-state index is 12.8. The highest BCUT2D eigenvalue weighted by Gasteiger charge is 2.34. The van der Waals surface area contributed by atoms with Gasteiger partial charge >= 0.3 is 6.18 Å². The molecule has 0 spiro atoms. The lowest BCUT2D eigenvalue weighted by Gasteiger charge is -2.35. The van der Waals surface area contributed by atoms with Crippen LogP contribution in [0.25, 0.3) is 0 Å². The molecule has 1 aliphatic rings. The third-order valence-corrected chi connectivity index (χ3v) is 6.85. The van der Waals surface area contributed by atoms with Crippen molar-refractivity contribution in [1.82, 2.24) is 9.21 Å².